The van der Waals surface area contributed by atoms with Crippen molar-refractivity contribution in [3.8, 4) is 0 Å². The van der Waals surface area contributed by atoms with Crippen LogP contribution in [0.15, 0.2) is 18.6 Å². The number of aromatic nitrogens is 2. The fourth-order valence-corrected chi connectivity index (χ4v) is 1.30. The summed E-state index contributed by atoms with van der Waals surface area (Å²) in [7, 11) is 0. The Morgan fingerprint density at radius 1 is 1.50 bits per heavy atom. The quantitative estimate of drug-likeness (QED) is 0.645. The lowest BCUT2D eigenvalue weighted by Crippen LogP contribution is -1.80. The smallest absolute Gasteiger partial charge is 0.152 e. The molecule has 3 heteroatoms. The molecule has 0 aliphatic rings. The van der Waals surface area contributed by atoms with E-state index in [1.165, 1.54) is 0 Å². The van der Waals surface area contributed by atoms with Crippen LogP contribution in [-0.2, 0) is 0 Å². The van der Waals surface area contributed by atoms with Gasteiger partial charge in [0.2, 0.25) is 0 Å². The highest BCUT2D eigenvalue weighted by molar-refractivity contribution is 5.97. The highest BCUT2D eigenvalue weighted by atomic mass is 16.1. The van der Waals surface area contributed by atoms with Gasteiger partial charge in [-0.1, -0.05) is 0 Å². The Kier molecular flexibility index (Phi) is 1.43. The topological polar surface area (TPSA) is 45.8 Å². The molecular formula is C9H8N2O. The van der Waals surface area contributed by atoms with E-state index in [0.29, 0.717) is 5.56 Å². The first kappa shape index (κ1) is 7.03. The van der Waals surface area contributed by atoms with E-state index in [-0.39, 0.29) is 0 Å². The number of aldehydes is 1. The number of rotatable bonds is 1. The van der Waals surface area contributed by atoms with Gasteiger partial charge >= 0.3 is 0 Å². The normalized spacial score (nSPS) is 10.4. The largest absolute Gasteiger partial charge is 0.360 e. The SMILES string of the molecule is Cc1cncc2c(C=O)c[nH]c12. The van der Waals surface area contributed by atoms with Crippen molar-refractivity contribution in [2.45, 2.75) is 6.92 Å². The Morgan fingerprint density at radius 2 is 2.33 bits per heavy atom. The number of nitrogens with one attached hydrogen (secondary N) is 1. The van der Waals surface area contributed by atoms with E-state index in [2.05, 4.69) is 9.97 Å². The average molecular weight is 160 g/mol. The fraction of sp³-hybridized carbons (Fsp3) is 0.111. The van der Waals surface area contributed by atoms with E-state index in [1.807, 2.05) is 6.92 Å². The summed E-state index contributed by atoms with van der Waals surface area (Å²) in [6, 6.07) is 0. The number of nitrogens with zero attached hydrogens (tertiary/aromatic N) is 1. The van der Waals surface area contributed by atoms with E-state index >= 15 is 0 Å². The molecule has 0 amide bonds. The summed E-state index contributed by atoms with van der Waals surface area (Å²) in [4.78, 5) is 17.6. The predicted molar refractivity (Wildman–Crippen MR) is 46.2 cm³/mol. The van der Waals surface area contributed by atoms with E-state index in [4.69, 9.17) is 0 Å². The Labute approximate surface area is 69.4 Å². The zero-order valence-corrected chi connectivity index (χ0v) is 6.66. The number of H-pyrrole nitrogens is 1. The van der Waals surface area contributed by atoms with E-state index in [0.717, 1.165) is 22.8 Å². The maximum atomic E-state index is 10.5. The third kappa shape index (κ3) is 0.830. The molecule has 0 bridgehead atoms. The van der Waals surface area contributed by atoms with Crippen molar-refractivity contribution in [3.63, 3.8) is 0 Å². The lowest BCUT2D eigenvalue weighted by Gasteiger charge is -1.93. The summed E-state index contributed by atoms with van der Waals surface area (Å²) in [5.41, 5.74) is 2.72. The summed E-state index contributed by atoms with van der Waals surface area (Å²) in [6.45, 7) is 1.96. The zero-order valence-electron chi connectivity index (χ0n) is 6.66. The maximum absolute atomic E-state index is 10.5. The van der Waals surface area contributed by atoms with Crippen LogP contribution in [-0.4, -0.2) is 16.3 Å². The van der Waals surface area contributed by atoms with Gasteiger partial charge in [0.05, 0.1) is 5.52 Å². The molecule has 0 fully saturated rings. The van der Waals surface area contributed by atoms with Crippen LogP contribution in [0.5, 0.6) is 0 Å². The standard InChI is InChI=1S/C9H8N2O/c1-6-2-10-4-8-7(5-12)3-11-9(6)8/h2-5,11H,1H3. The van der Waals surface area contributed by atoms with Crippen LogP contribution < -0.4 is 0 Å². The van der Waals surface area contributed by atoms with Gasteiger partial charge in [0.15, 0.2) is 6.29 Å². The first-order chi connectivity index (χ1) is 5.83. The maximum Gasteiger partial charge on any atom is 0.152 e. The second-order valence-electron chi connectivity index (χ2n) is 2.74. The Hall–Kier alpha value is -1.64. The van der Waals surface area contributed by atoms with Gasteiger partial charge in [-0.3, -0.25) is 9.78 Å². The Bertz CT molecular complexity index is 431. The molecule has 0 radical (unpaired) electrons. The molecule has 0 aromatic carbocycles. The number of carbonyl (C=O) groups is 1. The van der Waals surface area contributed by atoms with Gasteiger partial charge in [-0.25, -0.2) is 0 Å². The van der Waals surface area contributed by atoms with Gasteiger partial charge in [-0.2, -0.15) is 0 Å². The third-order valence-corrected chi connectivity index (χ3v) is 1.95. The van der Waals surface area contributed by atoms with Crippen molar-refractivity contribution in [2.75, 3.05) is 0 Å². The fourth-order valence-electron chi connectivity index (χ4n) is 1.30. The molecule has 1 N–H and O–H groups in total. The summed E-state index contributed by atoms with van der Waals surface area (Å²) in [6.07, 6.45) is 6.00. The summed E-state index contributed by atoms with van der Waals surface area (Å²) in [5.74, 6) is 0. The van der Waals surface area contributed by atoms with Gasteiger partial charge < -0.3 is 4.98 Å². The molecule has 0 saturated heterocycles. The second-order valence-corrected chi connectivity index (χ2v) is 2.74. The molecule has 12 heavy (non-hydrogen) atoms. The monoisotopic (exact) mass is 160 g/mol. The lowest BCUT2D eigenvalue weighted by molar-refractivity contribution is 0.112. The molecular weight excluding hydrogens is 152 g/mol. The van der Waals surface area contributed by atoms with Crippen molar-refractivity contribution < 1.29 is 4.79 Å². The highest BCUT2D eigenvalue weighted by Crippen LogP contribution is 2.17. The van der Waals surface area contributed by atoms with Gasteiger partial charge in [-0.05, 0) is 12.5 Å². The van der Waals surface area contributed by atoms with Crippen molar-refractivity contribution in [1.82, 2.24) is 9.97 Å². The van der Waals surface area contributed by atoms with Crippen molar-refractivity contribution in [1.29, 1.82) is 0 Å². The Morgan fingerprint density at radius 3 is 3.08 bits per heavy atom. The molecule has 0 saturated carbocycles. The van der Waals surface area contributed by atoms with Crippen molar-refractivity contribution in [2.24, 2.45) is 0 Å². The van der Waals surface area contributed by atoms with Crippen LogP contribution in [0.2, 0.25) is 0 Å². The van der Waals surface area contributed by atoms with E-state index in [1.54, 1.807) is 18.6 Å². The first-order valence-electron chi connectivity index (χ1n) is 3.70. The van der Waals surface area contributed by atoms with Gasteiger partial charge in [-0.15, -0.1) is 0 Å². The van der Waals surface area contributed by atoms with Crippen LogP contribution in [0.1, 0.15) is 15.9 Å². The number of carbonyl (C=O) groups excluding carboxylic acids is 1. The van der Waals surface area contributed by atoms with Crippen LogP contribution in [0, 0.1) is 6.92 Å². The molecule has 60 valence electrons. The minimum atomic E-state index is 0.668. The first-order valence-corrected chi connectivity index (χ1v) is 3.70. The minimum Gasteiger partial charge on any atom is -0.360 e. The number of hydrogen-bond donors (Lipinski definition) is 1. The minimum absolute atomic E-state index is 0.668. The van der Waals surface area contributed by atoms with Crippen LogP contribution in [0.3, 0.4) is 0 Å². The number of aromatic amines is 1. The van der Waals surface area contributed by atoms with Crippen molar-refractivity contribution in [3.05, 3.63) is 29.7 Å². The van der Waals surface area contributed by atoms with Gasteiger partial charge in [0.25, 0.3) is 0 Å². The number of aryl methyl sites for hydroxylation is 1. The van der Waals surface area contributed by atoms with Crippen LogP contribution in [0.25, 0.3) is 10.9 Å². The second kappa shape index (κ2) is 2.44. The van der Waals surface area contributed by atoms with Gasteiger partial charge in [0.1, 0.15) is 0 Å². The number of pyridine rings is 1. The third-order valence-electron chi connectivity index (χ3n) is 1.95. The molecule has 0 aliphatic heterocycles. The lowest BCUT2D eigenvalue weighted by atomic mass is 10.2. The molecule has 2 rings (SSSR count). The molecule has 0 aliphatic carbocycles. The highest BCUT2D eigenvalue weighted by Gasteiger charge is 2.03. The molecule has 2 aromatic rings. The molecule has 0 spiro atoms. The summed E-state index contributed by atoms with van der Waals surface area (Å²) >= 11 is 0. The molecule has 2 aromatic heterocycles. The van der Waals surface area contributed by atoms with Crippen LogP contribution in [0.4, 0.5) is 0 Å². The zero-order chi connectivity index (χ0) is 8.55. The van der Waals surface area contributed by atoms with Gasteiger partial charge in [0, 0.05) is 29.5 Å². The molecule has 0 unspecified atom stereocenters. The van der Waals surface area contributed by atoms with E-state index in [9.17, 15) is 4.79 Å². The molecule has 0 atom stereocenters. The molecule has 3 nitrogen and oxygen atoms in total. The predicted octanol–water partition coefficient (Wildman–Crippen LogP) is 1.68. The summed E-state index contributed by atoms with van der Waals surface area (Å²) in [5, 5.41) is 0.894. The van der Waals surface area contributed by atoms with Crippen molar-refractivity contribution >= 4 is 17.2 Å². The average Bonchev–Trinajstić information content (AvgIpc) is 2.49. The summed E-state index contributed by atoms with van der Waals surface area (Å²) < 4.78 is 0. The van der Waals surface area contributed by atoms with Crippen LogP contribution >= 0.6 is 0 Å². The number of fused-ring (bicyclic) bond motifs is 1. The molecule has 2 heterocycles. The Balaban J connectivity index is 2.88. The van der Waals surface area contributed by atoms with E-state index < -0.39 is 0 Å². The number of hydrogen-bond acceptors (Lipinski definition) is 2.